The van der Waals surface area contributed by atoms with Gasteiger partial charge in [0.1, 0.15) is 12.8 Å². The SMILES string of the molecule is CON=C(C(=O)O)c1csc(N)n1.S. The van der Waals surface area contributed by atoms with Crippen LogP contribution in [0.3, 0.4) is 0 Å². The second-order valence-electron chi connectivity index (χ2n) is 2.00. The smallest absolute Gasteiger partial charge is 0.360 e. The van der Waals surface area contributed by atoms with Gasteiger partial charge in [-0.15, -0.1) is 11.3 Å². The van der Waals surface area contributed by atoms with Gasteiger partial charge in [-0.25, -0.2) is 9.78 Å². The molecule has 0 aliphatic heterocycles. The molecule has 1 aromatic heterocycles. The lowest BCUT2D eigenvalue weighted by Gasteiger charge is -1.94. The highest BCUT2D eigenvalue weighted by molar-refractivity contribution is 7.59. The van der Waals surface area contributed by atoms with Gasteiger partial charge >= 0.3 is 5.97 Å². The van der Waals surface area contributed by atoms with Crippen LogP contribution in [0.1, 0.15) is 5.69 Å². The number of hydrogen-bond donors (Lipinski definition) is 2. The molecule has 0 radical (unpaired) electrons. The highest BCUT2D eigenvalue weighted by Crippen LogP contribution is 2.12. The second kappa shape index (κ2) is 5.45. The van der Waals surface area contributed by atoms with E-state index in [1.807, 2.05) is 0 Å². The minimum Gasteiger partial charge on any atom is -0.476 e. The lowest BCUT2D eigenvalue weighted by molar-refractivity contribution is -0.129. The van der Waals surface area contributed by atoms with Gasteiger partial charge in [-0.3, -0.25) is 0 Å². The van der Waals surface area contributed by atoms with Crippen LogP contribution in [0, 0.1) is 0 Å². The van der Waals surface area contributed by atoms with Crippen LogP contribution in [-0.2, 0) is 9.63 Å². The third kappa shape index (κ3) is 2.89. The maximum atomic E-state index is 10.6. The largest absolute Gasteiger partial charge is 0.476 e. The van der Waals surface area contributed by atoms with Crippen molar-refractivity contribution in [2.75, 3.05) is 12.8 Å². The molecule has 1 rings (SSSR count). The summed E-state index contributed by atoms with van der Waals surface area (Å²) in [4.78, 5) is 18.7. The molecule has 1 aromatic rings. The average Bonchev–Trinajstić information content (AvgIpc) is 2.46. The number of aromatic nitrogens is 1. The van der Waals surface area contributed by atoms with Crippen LogP contribution in [0.4, 0.5) is 5.13 Å². The Balaban J connectivity index is 0.00000169. The summed E-state index contributed by atoms with van der Waals surface area (Å²) in [7, 11) is 1.26. The normalized spacial score (nSPS) is 10.5. The summed E-state index contributed by atoms with van der Waals surface area (Å²) in [6.45, 7) is 0. The number of carboxylic acids is 1. The molecule has 6 nitrogen and oxygen atoms in total. The molecule has 8 heteroatoms. The number of thiazole rings is 1. The number of hydrogen-bond acceptors (Lipinski definition) is 6. The van der Waals surface area contributed by atoms with Gasteiger partial charge in [0.05, 0.1) is 0 Å². The number of carbonyl (C=O) groups is 1. The third-order valence-electron chi connectivity index (χ3n) is 1.15. The molecule has 0 aliphatic carbocycles. The quantitative estimate of drug-likeness (QED) is 0.579. The monoisotopic (exact) mass is 235 g/mol. The fraction of sp³-hybridized carbons (Fsp3) is 0.167. The minimum absolute atomic E-state index is 0. The maximum absolute atomic E-state index is 10.6. The molecule has 0 atom stereocenters. The Morgan fingerprint density at radius 3 is 2.79 bits per heavy atom. The van der Waals surface area contributed by atoms with Crippen molar-refractivity contribution in [3.05, 3.63) is 11.1 Å². The van der Waals surface area contributed by atoms with Crippen molar-refractivity contribution in [1.82, 2.24) is 4.98 Å². The fourth-order valence-electron chi connectivity index (χ4n) is 0.683. The van der Waals surface area contributed by atoms with E-state index in [-0.39, 0.29) is 24.9 Å². The number of oxime groups is 1. The Kier molecular flexibility index (Phi) is 4.95. The zero-order chi connectivity index (χ0) is 9.84. The maximum Gasteiger partial charge on any atom is 0.360 e. The molecule has 1 heterocycles. The minimum atomic E-state index is -1.20. The van der Waals surface area contributed by atoms with Crippen LogP contribution < -0.4 is 5.73 Å². The summed E-state index contributed by atoms with van der Waals surface area (Å²) in [5.41, 5.74) is 5.28. The fourth-order valence-corrected chi connectivity index (χ4v) is 1.23. The molecule has 0 saturated carbocycles. The molecule has 14 heavy (non-hydrogen) atoms. The number of anilines is 1. The lowest BCUT2D eigenvalue weighted by atomic mass is 10.3. The van der Waals surface area contributed by atoms with Crippen molar-refractivity contribution in [2.45, 2.75) is 0 Å². The standard InChI is InChI=1S/C6H7N3O3S.H2S/c1-12-9-4(5(10)11)3-2-13-6(7)8-3;/h2H,1H3,(H2,7,8)(H,10,11);1H2. The van der Waals surface area contributed by atoms with Gasteiger partial charge in [-0.05, 0) is 0 Å². The highest BCUT2D eigenvalue weighted by Gasteiger charge is 2.16. The van der Waals surface area contributed by atoms with Gasteiger partial charge in [0.25, 0.3) is 0 Å². The Labute approximate surface area is 90.8 Å². The van der Waals surface area contributed by atoms with Gasteiger partial charge < -0.3 is 15.7 Å². The van der Waals surface area contributed by atoms with Crippen LogP contribution in [0.5, 0.6) is 0 Å². The van der Waals surface area contributed by atoms with Gasteiger partial charge in [0, 0.05) is 5.38 Å². The first-order valence-corrected chi connectivity index (χ1v) is 4.09. The van der Waals surface area contributed by atoms with Gasteiger partial charge in [-0.2, -0.15) is 13.5 Å². The van der Waals surface area contributed by atoms with Crippen LogP contribution >= 0.6 is 24.8 Å². The van der Waals surface area contributed by atoms with E-state index in [0.717, 1.165) is 11.3 Å². The molecule has 0 unspecified atom stereocenters. The van der Waals surface area contributed by atoms with E-state index in [4.69, 9.17) is 10.8 Å². The molecule has 0 aliphatic rings. The summed E-state index contributed by atoms with van der Waals surface area (Å²) in [6, 6.07) is 0. The summed E-state index contributed by atoms with van der Waals surface area (Å²) in [5, 5.41) is 13.8. The number of nitrogen functional groups attached to an aromatic ring is 1. The Morgan fingerprint density at radius 2 is 2.43 bits per heavy atom. The van der Waals surface area contributed by atoms with Crippen LogP contribution in [0.2, 0.25) is 0 Å². The number of nitrogens with zero attached hydrogens (tertiary/aromatic N) is 2. The molecule has 78 valence electrons. The Morgan fingerprint density at radius 1 is 1.79 bits per heavy atom. The summed E-state index contributed by atoms with van der Waals surface area (Å²) in [6.07, 6.45) is 0. The van der Waals surface area contributed by atoms with Gasteiger partial charge in [0.15, 0.2) is 5.13 Å². The second-order valence-corrected chi connectivity index (χ2v) is 2.89. The topological polar surface area (TPSA) is 97.8 Å². The summed E-state index contributed by atoms with van der Waals surface area (Å²) >= 11 is 1.14. The lowest BCUT2D eigenvalue weighted by Crippen LogP contribution is -2.15. The Bertz CT molecular complexity index is 350. The van der Waals surface area contributed by atoms with Crippen LogP contribution in [0.15, 0.2) is 10.5 Å². The van der Waals surface area contributed by atoms with E-state index in [0.29, 0.717) is 5.13 Å². The number of rotatable bonds is 3. The van der Waals surface area contributed by atoms with Crippen LogP contribution in [-0.4, -0.2) is 28.9 Å². The first kappa shape index (κ1) is 12.7. The highest BCUT2D eigenvalue weighted by atomic mass is 32.1. The third-order valence-corrected chi connectivity index (χ3v) is 1.82. The zero-order valence-electron chi connectivity index (χ0n) is 7.22. The van der Waals surface area contributed by atoms with Crippen molar-refractivity contribution >= 4 is 41.6 Å². The molecule has 0 amide bonds. The Hall–Kier alpha value is -1.28. The zero-order valence-corrected chi connectivity index (χ0v) is 9.04. The van der Waals surface area contributed by atoms with E-state index < -0.39 is 5.97 Å². The van der Waals surface area contributed by atoms with E-state index in [1.54, 1.807) is 0 Å². The number of aliphatic carboxylic acids is 1. The summed E-state index contributed by atoms with van der Waals surface area (Å²) < 4.78 is 0. The molecule has 3 N–H and O–H groups in total. The van der Waals surface area contributed by atoms with Crippen molar-refractivity contribution in [3.8, 4) is 0 Å². The van der Waals surface area contributed by atoms with E-state index in [2.05, 4.69) is 15.0 Å². The molecule has 0 bridgehead atoms. The van der Waals surface area contributed by atoms with Crippen molar-refractivity contribution in [2.24, 2.45) is 5.16 Å². The molecule has 0 aromatic carbocycles. The first-order chi connectivity index (χ1) is 6.15. The summed E-state index contributed by atoms with van der Waals surface area (Å²) in [5.74, 6) is -1.20. The predicted molar refractivity (Wildman–Crippen MR) is 58.1 cm³/mol. The van der Waals surface area contributed by atoms with Gasteiger partial charge in [-0.1, -0.05) is 5.16 Å². The van der Waals surface area contributed by atoms with Crippen molar-refractivity contribution < 1.29 is 14.7 Å². The first-order valence-electron chi connectivity index (χ1n) is 3.21. The molecular weight excluding hydrogens is 226 g/mol. The van der Waals surface area contributed by atoms with Crippen molar-refractivity contribution in [3.63, 3.8) is 0 Å². The van der Waals surface area contributed by atoms with Gasteiger partial charge in [0.2, 0.25) is 5.71 Å². The number of nitrogens with two attached hydrogens (primary N) is 1. The van der Waals surface area contributed by atoms with E-state index in [1.165, 1.54) is 12.5 Å². The molecule has 0 fully saturated rings. The molecule has 0 saturated heterocycles. The molecule has 0 spiro atoms. The molecular formula is C6H9N3O3S2. The average molecular weight is 235 g/mol. The van der Waals surface area contributed by atoms with Crippen LogP contribution in [0.25, 0.3) is 0 Å². The van der Waals surface area contributed by atoms with E-state index in [9.17, 15) is 4.79 Å². The predicted octanol–water partition coefficient (Wildman–Crippen LogP) is 0.273. The van der Waals surface area contributed by atoms with E-state index >= 15 is 0 Å². The van der Waals surface area contributed by atoms with Crippen molar-refractivity contribution in [1.29, 1.82) is 0 Å². The number of carboxylic acid groups (broad SMARTS) is 1.